The molecule has 0 bridgehead atoms. The largest absolute Gasteiger partial charge is 0.462 e. The highest BCUT2D eigenvalue weighted by atomic mass is 16.6. The third-order valence-corrected chi connectivity index (χ3v) is 8.24. The van der Waals surface area contributed by atoms with Gasteiger partial charge < -0.3 is 14.2 Å². The van der Waals surface area contributed by atoms with Gasteiger partial charge in [-0.05, 0) is 77.0 Å². The van der Waals surface area contributed by atoms with Crippen molar-refractivity contribution in [1.82, 2.24) is 0 Å². The summed E-state index contributed by atoms with van der Waals surface area (Å²) in [5.41, 5.74) is 0. The number of carbonyl (C=O) groups is 3. The number of allylic oxidation sites excluding steroid dienone is 10. The second kappa shape index (κ2) is 38.9. The van der Waals surface area contributed by atoms with Crippen LogP contribution >= 0.6 is 0 Å². The molecule has 0 aromatic rings. The lowest BCUT2D eigenvalue weighted by Gasteiger charge is -2.18. The lowest BCUT2D eigenvalue weighted by atomic mass is 10.1. The van der Waals surface area contributed by atoms with Gasteiger partial charge in [0, 0.05) is 19.3 Å². The van der Waals surface area contributed by atoms with Gasteiger partial charge >= 0.3 is 17.9 Å². The predicted octanol–water partition coefficient (Wildman–Crippen LogP) is 12.6. The molecule has 286 valence electrons. The number of esters is 3. The second-order valence-electron chi connectivity index (χ2n) is 13.2. The van der Waals surface area contributed by atoms with Gasteiger partial charge in [-0.3, -0.25) is 14.4 Å². The van der Waals surface area contributed by atoms with Crippen LogP contribution in [0.2, 0.25) is 0 Å². The zero-order chi connectivity index (χ0) is 36.6. The van der Waals surface area contributed by atoms with E-state index in [9.17, 15) is 14.4 Å². The Bertz CT molecular complexity index is 944. The van der Waals surface area contributed by atoms with Crippen molar-refractivity contribution in [3.8, 4) is 0 Å². The van der Waals surface area contributed by atoms with E-state index in [1.807, 2.05) is 0 Å². The van der Waals surface area contributed by atoms with Gasteiger partial charge in [0.1, 0.15) is 13.2 Å². The second-order valence-corrected chi connectivity index (χ2v) is 13.2. The molecule has 0 radical (unpaired) electrons. The third-order valence-electron chi connectivity index (χ3n) is 8.24. The standard InChI is InChI=1S/C44H74O6/c1-4-7-10-13-15-17-19-20-21-22-23-24-25-27-28-31-34-37-43(46)49-40-41(39-48-42(45)36-33-30-12-9-6-3)50-44(47)38-35-32-29-26-18-16-14-11-8-5-2/h7,10-11,14-15,17,20-21,23-24,41H,4-6,8-9,12-13,16,18-19,22,25-40H2,1-3H3/b10-7-,14-11-,17-15-,21-20-,24-23-. The number of unbranched alkanes of at least 4 members (excludes halogenated alkanes) is 14. The quantitative estimate of drug-likeness (QED) is 0.0284. The van der Waals surface area contributed by atoms with Crippen LogP contribution in [-0.2, 0) is 28.6 Å². The van der Waals surface area contributed by atoms with Crippen molar-refractivity contribution in [3.63, 3.8) is 0 Å². The summed E-state index contributed by atoms with van der Waals surface area (Å²) >= 11 is 0. The fourth-order valence-corrected chi connectivity index (χ4v) is 5.20. The van der Waals surface area contributed by atoms with Crippen LogP contribution in [0.3, 0.4) is 0 Å². The molecular weight excluding hydrogens is 624 g/mol. The summed E-state index contributed by atoms with van der Waals surface area (Å²) in [5, 5.41) is 0. The highest BCUT2D eigenvalue weighted by Crippen LogP contribution is 2.12. The van der Waals surface area contributed by atoms with Gasteiger partial charge in [0.15, 0.2) is 6.10 Å². The molecule has 0 amide bonds. The van der Waals surface area contributed by atoms with Crippen LogP contribution in [0.5, 0.6) is 0 Å². The molecule has 0 aromatic heterocycles. The van der Waals surface area contributed by atoms with E-state index in [0.29, 0.717) is 19.3 Å². The SMILES string of the molecule is CC/C=C\C/C=C\C/C=C\C/C=C\CCCCCCC(=O)OCC(COC(=O)CCCCCCC)OC(=O)CCCCCCC/C=C\CCC. The van der Waals surface area contributed by atoms with Crippen molar-refractivity contribution in [3.05, 3.63) is 60.8 Å². The highest BCUT2D eigenvalue weighted by Gasteiger charge is 2.19. The molecule has 0 aromatic carbocycles. The van der Waals surface area contributed by atoms with Crippen molar-refractivity contribution < 1.29 is 28.6 Å². The Labute approximate surface area is 307 Å². The third kappa shape index (κ3) is 36.4. The zero-order valence-corrected chi connectivity index (χ0v) is 32.4. The minimum Gasteiger partial charge on any atom is -0.462 e. The maximum Gasteiger partial charge on any atom is 0.306 e. The molecular formula is C44H74O6. The van der Waals surface area contributed by atoms with E-state index in [1.165, 1.54) is 19.3 Å². The molecule has 0 saturated heterocycles. The average Bonchev–Trinajstić information content (AvgIpc) is 3.11. The van der Waals surface area contributed by atoms with E-state index in [4.69, 9.17) is 14.2 Å². The minimum absolute atomic E-state index is 0.0876. The summed E-state index contributed by atoms with van der Waals surface area (Å²) in [4.78, 5) is 37.3. The topological polar surface area (TPSA) is 78.9 Å². The Morgan fingerprint density at radius 3 is 1.32 bits per heavy atom. The van der Waals surface area contributed by atoms with E-state index in [-0.39, 0.29) is 31.1 Å². The minimum atomic E-state index is -0.781. The summed E-state index contributed by atoms with van der Waals surface area (Å²) < 4.78 is 16.5. The van der Waals surface area contributed by atoms with Crippen LogP contribution in [0.1, 0.15) is 181 Å². The van der Waals surface area contributed by atoms with E-state index in [1.54, 1.807) is 0 Å². The molecule has 0 N–H and O–H groups in total. The van der Waals surface area contributed by atoms with Crippen LogP contribution in [0.4, 0.5) is 0 Å². The summed E-state index contributed by atoms with van der Waals surface area (Å²) in [6, 6.07) is 0. The van der Waals surface area contributed by atoms with Gasteiger partial charge in [0.2, 0.25) is 0 Å². The summed E-state index contributed by atoms with van der Waals surface area (Å²) in [6.07, 6.45) is 45.2. The molecule has 1 unspecified atom stereocenters. The first kappa shape index (κ1) is 47.1. The Morgan fingerprint density at radius 2 is 0.820 bits per heavy atom. The molecule has 0 spiro atoms. The van der Waals surface area contributed by atoms with Gasteiger partial charge in [0.25, 0.3) is 0 Å². The maximum atomic E-state index is 12.6. The molecule has 0 heterocycles. The lowest BCUT2D eigenvalue weighted by Crippen LogP contribution is -2.30. The molecule has 50 heavy (non-hydrogen) atoms. The van der Waals surface area contributed by atoms with Gasteiger partial charge in [-0.2, -0.15) is 0 Å². The van der Waals surface area contributed by atoms with Crippen molar-refractivity contribution in [2.24, 2.45) is 0 Å². The maximum absolute atomic E-state index is 12.6. The van der Waals surface area contributed by atoms with E-state index >= 15 is 0 Å². The number of hydrogen-bond donors (Lipinski definition) is 0. The van der Waals surface area contributed by atoms with Gasteiger partial charge in [0.05, 0.1) is 0 Å². The highest BCUT2D eigenvalue weighted by molar-refractivity contribution is 5.71. The van der Waals surface area contributed by atoms with Crippen LogP contribution in [0.25, 0.3) is 0 Å². The molecule has 0 fully saturated rings. The molecule has 0 aliphatic rings. The Balaban J connectivity index is 4.30. The van der Waals surface area contributed by atoms with E-state index < -0.39 is 6.10 Å². The number of carbonyl (C=O) groups excluding carboxylic acids is 3. The van der Waals surface area contributed by atoms with E-state index in [0.717, 1.165) is 122 Å². The Morgan fingerprint density at radius 1 is 0.420 bits per heavy atom. The first-order chi connectivity index (χ1) is 24.5. The molecule has 1 atom stereocenters. The number of rotatable bonds is 35. The van der Waals surface area contributed by atoms with Crippen LogP contribution in [0, 0.1) is 0 Å². The van der Waals surface area contributed by atoms with Gasteiger partial charge in [-0.15, -0.1) is 0 Å². The molecule has 0 aliphatic carbocycles. The Hall–Kier alpha value is -2.89. The van der Waals surface area contributed by atoms with Crippen molar-refractivity contribution in [2.45, 2.75) is 187 Å². The summed E-state index contributed by atoms with van der Waals surface area (Å²) in [7, 11) is 0. The first-order valence-electron chi connectivity index (χ1n) is 20.3. The smallest absolute Gasteiger partial charge is 0.306 e. The average molecular weight is 699 g/mol. The normalized spacial score (nSPS) is 12.6. The zero-order valence-electron chi connectivity index (χ0n) is 32.4. The van der Waals surface area contributed by atoms with Crippen molar-refractivity contribution in [1.29, 1.82) is 0 Å². The molecule has 6 nitrogen and oxygen atoms in total. The van der Waals surface area contributed by atoms with Gasteiger partial charge in [-0.1, -0.05) is 146 Å². The van der Waals surface area contributed by atoms with Crippen LogP contribution in [0.15, 0.2) is 60.8 Å². The van der Waals surface area contributed by atoms with E-state index in [2.05, 4.69) is 81.5 Å². The fraction of sp³-hybridized carbons (Fsp3) is 0.705. The first-order valence-corrected chi connectivity index (χ1v) is 20.3. The van der Waals surface area contributed by atoms with Gasteiger partial charge in [-0.25, -0.2) is 0 Å². The monoisotopic (exact) mass is 699 g/mol. The summed E-state index contributed by atoms with van der Waals surface area (Å²) in [5.74, 6) is -0.946. The van der Waals surface area contributed by atoms with Crippen molar-refractivity contribution >= 4 is 17.9 Å². The van der Waals surface area contributed by atoms with Crippen LogP contribution < -0.4 is 0 Å². The molecule has 0 rings (SSSR count). The molecule has 6 heteroatoms. The molecule has 0 saturated carbocycles. The fourth-order valence-electron chi connectivity index (χ4n) is 5.20. The Kier molecular flexibility index (Phi) is 36.7. The van der Waals surface area contributed by atoms with Crippen LogP contribution in [-0.4, -0.2) is 37.2 Å². The summed E-state index contributed by atoms with van der Waals surface area (Å²) in [6.45, 7) is 6.31. The predicted molar refractivity (Wildman–Crippen MR) is 210 cm³/mol. The lowest BCUT2D eigenvalue weighted by molar-refractivity contribution is -0.167. The van der Waals surface area contributed by atoms with Crippen molar-refractivity contribution in [2.75, 3.05) is 13.2 Å². The number of ether oxygens (including phenoxy) is 3. The number of hydrogen-bond acceptors (Lipinski definition) is 6. The molecule has 0 aliphatic heterocycles.